The summed E-state index contributed by atoms with van der Waals surface area (Å²) in [5.74, 6) is -0.596. The molecule has 0 aromatic heterocycles. The van der Waals surface area contributed by atoms with Crippen molar-refractivity contribution in [3.63, 3.8) is 0 Å². The SMILES string of the molecule is C=CC(=O)Oc1ccc(S(OS(=O)(=O)C(F)(F)F)(c2ccccc2)c2ccccc2)c2ccccc12. The second-order valence-corrected chi connectivity index (χ2v) is 11.8. The van der Waals surface area contributed by atoms with Crippen LogP contribution in [-0.4, -0.2) is 19.9 Å². The molecule has 0 bridgehead atoms. The van der Waals surface area contributed by atoms with Gasteiger partial charge in [0.15, 0.2) is 0 Å². The summed E-state index contributed by atoms with van der Waals surface area (Å²) in [5.41, 5.74) is -5.66. The van der Waals surface area contributed by atoms with Gasteiger partial charge >= 0.3 is 21.6 Å². The molecule has 10 heteroatoms. The number of esters is 1. The van der Waals surface area contributed by atoms with Crippen molar-refractivity contribution < 1.29 is 34.7 Å². The summed E-state index contributed by atoms with van der Waals surface area (Å²) < 4.78 is 76.9. The number of carbonyl (C=O) groups excluding carboxylic acids is 1. The molecule has 4 aromatic carbocycles. The predicted octanol–water partition coefficient (Wildman–Crippen LogP) is 6.99. The normalized spacial score (nSPS) is 12.8. The van der Waals surface area contributed by atoms with Crippen LogP contribution in [0.4, 0.5) is 13.2 Å². The van der Waals surface area contributed by atoms with Gasteiger partial charge in [-0.3, -0.25) is 0 Å². The molecule has 5 nitrogen and oxygen atoms in total. The quantitative estimate of drug-likeness (QED) is 0.111. The molecule has 0 aliphatic heterocycles. The Kier molecular flexibility index (Phi) is 6.94. The molecule has 0 heterocycles. The second kappa shape index (κ2) is 9.81. The fourth-order valence-electron chi connectivity index (χ4n) is 3.64. The third-order valence-electron chi connectivity index (χ3n) is 5.16. The number of halogens is 3. The molecular weight excluding hydrogens is 513 g/mol. The molecule has 0 fully saturated rings. The van der Waals surface area contributed by atoms with Crippen molar-refractivity contribution in [2.45, 2.75) is 20.2 Å². The first kappa shape index (κ1) is 25.5. The molecule has 0 atom stereocenters. The van der Waals surface area contributed by atoms with E-state index in [-0.39, 0.29) is 20.4 Å². The van der Waals surface area contributed by atoms with E-state index in [0.717, 1.165) is 6.08 Å². The van der Waals surface area contributed by atoms with Gasteiger partial charge in [-0.1, -0.05) is 67.2 Å². The van der Waals surface area contributed by atoms with E-state index in [2.05, 4.69) is 6.58 Å². The Hall–Kier alpha value is -3.60. The third-order valence-corrected chi connectivity index (χ3v) is 10.1. The lowest BCUT2D eigenvalue weighted by molar-refractivity contribution is -0.128. The standard InChI is InChI=1S/C26H19F3O5S2/c1-2-25(30)33-23-17-18-24(22-16-10-9-15-21(22)23)35(19-11-5-3-6-12-19,20-13-7-4-8-14-20)34-36(31,32)26(27,28)29/h2-18H,1H2. The van der Waals surface area contributed by atoms with Crippen molar-refractivity contribution in [2.75, 3.05) is 0 Å². The minimum Gasteiger partial charge on any atom is -0.423 e. The minimum atomic E-state index is -6.06. The maximum absolute atomic E-state index is 13.7. The average Bonchev–Trinajstić information content (AvgIpc) is 2.88. The number of carbonyl (C=O) groups is 1. The summed E-state index contributed by atoms with van der Waals surface area (Å²) in [6.07, 6.45) is 0.977. The summed E-state index contributed by atoms with van der Waals surface area (Å²) in [6, 6.07) is 25.1. The predicted molar refractivity (Wildman–Crippen MR) is 131 cm³/mol. The zero-order chi connectivity index (χ0) is 26.0. The number of alkyl halides is 3. The molecule has 0 N–H and O–H groups in total. The van der Waals surface area contributed by atoms with Gasteiger partial charge in [0.2, 0.25) is 0 Å². The summed E-state index contributed by atoms with van der Waals surface area (Å²) >= 11 is 0. The number of hydrogen-bond acceptors (Lipinski definition) is 5. The van der Waals surface area contributed by atoms with E-state index in [1.165, 1.54) is 36.4 Å². The van der Waals surface area contributed by atoms with E-state index in [9.17, 15) is 26.4 Å². The van der Waals surface area contributed by atoms with Crippen LogP contribution < -0.4 is 4.74 Å². The summed E-state index contributed by atoms with van der Waals surface area (Å²) in [7, 11) is -9.58. The molecular formula is C26H19F3O5S2. The zero-order valence-corrected chi connectivity index (χ0v) is 20.1. The number of fused-ring (bicyclic) bond motifs is 1. The Morgan fingerprint density at radius 1 is 0.750 bits per heavy atom. The fraction of sp³-hybridized carbons (Fsp3) is 0.0385. The third kappa shape index (κ3) is 4.62. The van der Waals surface area contributed by atoms with E-state index in [1.807, 2.05) is 0 Å². The van der Waals surface area contributed by atoms with Gasteiger partial charge in [0.1, 0.15) is 5.75 Å². The molecule has 0 amide bonds. The monoisotopic (exact) mass is 532 g/mol. The highest BCUT2D eigenvalue weighted by Gasteiger charge is 2.52. The van der Waals surface area contributed by atoms with Crippen LogP contribution in [0, 0.1) is 0 Å². The number of hydrogen-bond donors (Lipinski definition) is 0. The molecule has 0 spiro atoms. The van der Waals surface area contributed by atoms with E-state index in [0.29, 0.717) is 10.8 Å². The van der Waals surface area contributed by atoms with Crippen molar-refractivity contribution in [1.29, 1.82) is 0 Å². The zero-order valence-electron chi connectivity index (χ0n) is 18.5. The lowest BCUT2D eigenvalue weighted by atomic mass is 10.1. The Balaban J connectivity index is 2.14. The number of rotatable bonds is 7. The largest absolute Gasteiger partial charge is 0.524 e. The van der Waals surface area contributed by atoms with E-state index < -0.39 is 31.9 Å². The first-order chi connectivity index (χ1) is 17.1. The molecule has 186 valence electrons. The van der Waals surface area contributed by atoms with Gasteiger partial charge in [-0.05, 0) is 46.7 Å². The fourth-order valence-corrected chi connectivity index (χ4v) is 8.55. The van der Waals surface area contributed by atoms with Crippen LogP contribution in [0.2, 0.25) is 0 Å². The lowest BCUT2D eigenvalue weighted by Gasteiger charge is -2.40. The highest BCUT2D eigenvalue weighted by molar-refractivity contribution is 8.33. The Morgan fingerprint density at radius 2 is 1.25 bits per heavy atom. The highest BCUT2D eigenvalue weighted by atomic mass is 32.3. The Bertz CT molecular complexity index is 1480. The maximum atomic E-state index is 13.7. The second-order valence-electron chi connectivity index (χ2n) is 7.38. The molecule has 0 saturated carbocycles. The first-order valence-electron chi connectivity index (χ1n) is 10.4. The average molecular weight is 533 g/mol. The van der Waals surface area contributed by atoms with Crippen molar-refractivity contribution in [3.8, 4) is 5.75 Å². The smallest absolute Gasteiger partial charge is 0.423 e. The molecule has 4 aromatic rings. The van der Waals surface area contributed by atoms with Gasteiger partial charge in [0, 0.05) is 31.5 Å². The van der Waals surface area contributed by atoms with Crippen LogP contribution in [0.25, 0.3) is 10.8 Å². The molecule has 0 aliphatic rings. The van der Waals surface area contributed by atoms with Crippen LogP contribution in [0.5, 0.6) is 5.75 Å². The molecule has 0 radical (unpaired) electrons. The Labute approximate surface area is 207 Å². The molecule has 4 rings (SSSR count). The van der Waals surface area contributed by atoms with Crippen LogP contribution in [0.15, 0.2) is 124 Å². The first-order valence-corrected chi connectivity index (χ1v) is 13.4. The van der Waals surface area contributed by atoms with Gasteiger partial charge in [-0.15, -0.1) is 0 Å². The van der Waals surface area contributed by atoms with Gasteiger partial charge < -0.3 is 4.74 Å². The lowest BCUT2D eigenvalue weighted by Crippen LogP contribution is -2.27. The van der Waals surface area contributed by atoms with Crippen molar-refractivity contribution in [1.82, 2.24) is 0 Å². The van der Waals surface area contributed by atoms with Gasteiger partial charge in [-0.25, -0.2) is 4.79 Å². The molecule has 0 aliphatic carbocycles. The molecule has 0 unspecified atom stereocenters. The van der Waals surface area contributed by atoms with Crippen LogP contribution in [-0.2, 0) is 18.5 Å². The highest BCUT2D eigenvalue weighted by Crippen LogP contribution is 2.72. The number of ether oxygens (including phenoxy) is 1. The topological polar surface area (TPSA) is 69.7 Å². The van der Waals surface area contributed by atoms with Gasteiger partial charge in [0.25, 0.3) is 0 Å². The number of benzene rings is 4. The van der Waals surface area contributed by atoms with Gasteiger partial charge in [0.05, 0.1) is 0 Å². The van der Waals surface area contributed by atoms with Gasteiger partial charge in [-0.2, -0.15) is 25.2 Å². The molecule has 0 saturated heterocycles. The van der Waals surface area contributed by atoms with Crippen LogP contribution >= 0.6 is 10.3 Å². The Morgan fingerprint density at radius 3 is 1.75 bits per heavy atom. The van der Waals surface area contributed by atoms with E-state index >= 15 is 0 Å². The van der Waals surface area contributed by atoms with Crippen molar-refractivity contribution in [3.05, 3.63) is 110 Å². The van der Waals surface area contributed by atoms with Crippen molar-refractivity contribution >= 4 is 37.2 Å². The van der Waals surface area contributed by atoms with Crippen LogP contribution in [0.1, 0.15) is 0 Å². The van der Waals surface area contributed by atoms with E-state index in [1.54, 1.807) is 60.7 Å². The summed E-state index contributed by atoms with van der Waals surface area (Å²) in [4.78, 5) is 12.5. The summed E-state index contributed by atoms with van der Waals surface area (Å²) in [6.45, 7) is 3.37. The molecule has 36 heavy (non-hydrogen) atoms. The van der Waals surface area contributed by atoms with Crippen molar-refractivity contribution in [2.24, 2.45) is 0 Å². The van der Waals surface area contributed by atoms with Crippen LogP contribution in [0.3, 0.4) is 0 Å². The maximum Gasteiger partial charge on any atom is 0.524 e. The van der Waals surface area contributed by atoms with E-state index in [4.69, 9.17) is 8.37 Å². The minimum absolute atomic E-state index is 0.132. The summed E-state index contributed by atoms with van der Waals surface area (Å²) in [5, 5.41) is 0.730.